The van der Waals surface area contributed by atoms with Gasteiger partial charge in [-0.25, -0.2) is 0 Å². The van der Waals surface area contributed by atoms with Crippen LogP contribution < -0.4 is 5.32 Å². The Hall–Kier alpha value is -2.54. The summed E-state index contributed by atoms with van der Waals surface area (Å²) in [5, 5.41) is 17.1. The first kappa shape index (κ1) is 16.3. The Morgan fingerprint density at radius 1 is 1.12 bits per heavy atom. The molecule has 0 radical (unpaired) electrons. The third-order valence-electron chi connectivity index (χ3n) is 3.65. The average Bonchev–Trinajstić information content (AvgIpc) is 3.29. The molecule has 2 aromatic heterocycles. The van der Waals surface area contributed by atoms with Crippen LogP contribution in [0.4, 0.5) is 0 Å². The molecule has 0 aliphatic heterocycles. The number of aryl methyl sites for hydroxylation is 2. The second-order valence-electron chi connectivity index (χ2n) is 5.29. The summed E-state index contributed by atoms with van der Waals surface area (Å²) in [6, 6.07) is 7.52. The maximum Gasteiger partial charge on any atom is 0.251 e. The molecule has 3 aromatic rings. The lowest BCUT2D eigenvalue weighted by Crippen LogP contribution is -2.22. The third kappa shape index (κ3) is 3.68. The lowest BCUT2D eigenvalue weighted by Gasteiger charge is -2.04. The van der Waals surface area contributed by atoms with Crippen molar-refractivity contribution in [3.63, 3.8) is 0 Å². The highest BCUT2D eigenvalue weighted by Gasteiger charge is 2.09. The van der Waals surface area contributed by atoms with E-state index in [1.54, 1.807) is 0 Å². The summed E-state index contributed by atoms with van der Waals surface area (Å²) in [5.41, 5.74) is 2.72. The van der Waals surface area contributed by atoms with Crippen molar-refractivity contribution in [2.75, 3.05) is 0 Å². The van der Waals surface area contributed by atoms with E-state index in [0.29, 0.717) is 12.1 Å². The maximum atomic E-state index is 12.2. The van der Waals surface area contributed by atoms with Crippen LogP contribution in [0.2, 0.25) is 0 Å². The molecule has 0 saturated heterocycles. The van der Waals surface area contributed by atoms with Crippen molar-refractivity contribution in [1.82, 2.24) is 25.3 Å². The smallest absolute Gasteiger partial charge is 0.251 e. The second-order valence-corrected chi connectivity index (χ2v) is 6.43. The van der Waals surface area contributed by atoms with Crippen LogP contribution in [0.15, 0.2) is 36.7 Å². The molecule has 0 saturated carbocycles. The SMILES string of the molecule is CCc1nnc(CNC(=O)c2ccc(-c3cnn(CC)c3)cc2)s1. The van der Waals surface area contributed by atoms with Crippen LogP contribution in [0.5, 0.6) is 0 Å². The van der Waals surface area contributed by atoms with E-state index in [0.717, 1.165) is 34.1 Å². The van der Waals surface area contributed by atoms with Crippen LogP contribution in [0.3, 0.4) is 0 Å². The summed E-state index contributed by atoms with van der Waals surface area (Å²) < 4.78 is 1.88. The minimum atomic E-state index is -0.112. The van der Waals surface area contributed by atoms with Crippen molar-refractivity contribution >= 4 is 17.2 Å². The predicted octanol–water partition coefficient (Wildman–Crippen LogP) is 2.91. The molecule has 1 N–H and O–H groups in total. The van der Waals surface area contributed by atoms with Gasteiger partial charge in [0.1, 0.15) is 10.0 Å². The molecule has 0 aliphatic rings. The average molecular weight is 341 g/mol. The highest BCUT2D eigenvalue weighted by atomic mass is 32.1. The molecular formula is C17H19N5OS. The number of aromatic nitrogens is 4. The molecule has 7 heteroatoms. The predicted molar refractivity (Wildman–Crippen MR) is 93.8 cm³/mol. The fraction of sp³-hybridized carbons (Fsp3) is 0.294. The van der Waals surface area contributed by atoms with Crippen molar-refractivity contribution < 1.29 is 4.79 Å². The van der Waals surface area contributed by atoms with Crippen LogP contribution in [-0.2, 0) is 19.5 Å². The summed E-state index contributed by atoms with van der Waals surface area (Å²) >= 11 is 1.53. The zero-order valence-corrected chi connectivity index (χ0v) is 14.5. The molecule has 3 rings (SSSR count). The van der Waals surface area contributed by atoms with Gasteiger partial charge in [-0.3, -0.25) is 9.48 Å². The van der Waals surface area contributed by atoms with Crippen molar-refractivity contribution in [3.05, 3.63) is 52.2 Å². The number of nitrogens with zero attached hydrogens (tertiary/aromatic N) is 4. The van der Waals surface area contributed by atoms with Crippen molar-refractivity contribution in [2.24, 2.45) is 0 Å². The summed E-state index contributed by atoms with van der Waals surface area (Å²) in [4.78, 5) is 12.2. The van der Waals surface area contributed by atoms with Gasteiger partial charge < -0.3 is 5.32 Å². The van der Waals surface area contributed by atoms with Crippen LogP contribution >= 0.6 is 11.3 Å². The molecular weight excluding hydrogens is 322 g/mol. The normalized spacial score (nSPS) is 10.8. The molecule has 124 valence electrons. The van der Waals surface area contributed by atoms with Gasteiger partial charge in [0, 0.05) is 23.9 Å². The van der Waals surface area contributed by atoms with Crippen LogP contribution in [-0.4, -0.2) is 25.9 Å². The van der Waals surface area contributed by atoms with Crippen molar-refractivity contribution in [1.29, 1.82) is 0 Å². The maximum absolute atomic E-state index is 12.2. The molecule has 0 atom stereocenters. The van der Waals surface area contributed by atoms with E-state index < -0.39 is 0 Å². The Bertz CT molecular complexity index is 822. The number of hydrogen-bond acceptors (Lipinski definition) is 5. The van der Waals surface area contributed by atoms with Gasteiger partial charge in [-0.1, -0.05) is 30.4 Å². The number of hydrogen-bond donors (Lipinski definition) is 1. The first-order valence-electron chi connectivity index (χ1n) is 7.92. The van der Waals surface area contributed by atoms with Crippen LogP contribution in [0.1, 0.15) is 34.2 Å². The minimum Gasteiger partial charge on any atom is -0.345 e. The highest BCUT2D eigenvalue weighted by Crippen LogP contribution is 2.19. The number of nitrogens with one attached hydrogen (secondary N) is 1. The fourth-order valence-corrected chi connectivity index (χ4v) is 2.98. The van der Waals surface area contributed by atoms with Crippen molar-refractivity contribution in [3.8, 4) is 11.1 Å². The van der Waals surface area contributed by atoms with Gasteiger partial charge in [-0.2, -0.15) is 5.10 Å². The van der Waals surface area contributed by atoms with Gasteiger partial charge in [0.2, 0.25) is 0 Å². The van der Waals surface area contributed by atoms with E-state index >= 15 is 0 Å². The van der Waals surface area contributed by atoms with Crippen molar-refractivity contribution in [2.45, 2.75) is 33.4 Å². The zero-order valence-electron chi connectivity index (χ0n) is 13.7. The van der Waals surface area contributed by atoms with E-state index in [4.69, 9.17) is 0 Å². The van der Waals surface area contributed by atoms with Gasteiger partial charge in [0.15, 0.2) is 0 Å². The number of carbonyl (C=O) groups is 1. The molecule has 0 bridgehead atoms. The summed E-state index contributed by atoms with van der Waals surface area (Å²) in [6.45, 7) is 5.33. The molecule has 0 fully saturated rings. The van der Waals surface area contributed by atoms with E-state index in [9.17, 15) is 4.79 Å². The Balaban J connectivity index is 1.63. The Morgan fingerprint density at radius 2 is 1.88 bits per heavy atom. The standard InChI is InChI=1S/C17H19N5OS/c1-3-15-20-21-16(24-15)10-18-17(23)13-7-5-12(6-8-13)14-9-19-22(4-2)11-14/h5-9,11H,3-4,10H2,1-2H3,(H,18,23). The van der Waals surface area contributed by atoms with E-state index in [-0.39, 0.29) is 5.91 Å². The Kier molecular flexibility index (Phi) is 5.00. The Morgan fingerprint density at radius 3 is 2.50 bits per heavy atom. The lowest BCUT2D eigenvalue weighted by atomic mass is 10.1. The van der Waals surface area contributed by atoms with Gasteiger partial charge in [0.25, 0.3) is 5.91 Å². The molecule has 6 nitrogen and oxygen atoms in total. The van der Waals surface area contributed by atoms with Gasteiger partial charge in [0.05, 0.1) is 12.7 Å². The number of rotatable bonds is 6. The molecule has 1 aromatic carbocycles. The summed E-state index contributed by atoms with van der Waals surface area (Å²) in [5.74, 6) is -0.112. The third-order valence-corrected chi connectivity index (χ3v) is 4.72. The number of carbonyl (C=O) groups excluding carboxylic acids is 1. The van der Waals surface area contributed by atoms with E-state index in [1.807, 2.05) is 55.2 Å². The largest absolute Gasteiger partial charge is 0.345 e. The quantitative estimate of drug-likeness (QED) is 0.748. The second kappa shape index (κ2) is 7.35. The summed E-state index contributed by atoms with van der Waals surface area (Å²) in [6.07, 6.45) is 4.69. The molecule has 0 unspecified atom stereocenters. The molecule has 24 heavy (non-hydrogen) atoms. The van der Waals surface area contributed by atoms with Gasteiger partial charge in [-0.05, 0) is 31.0 Å². The monoisotopic (exact) mass is 341 g/mol. The Labute approximate surface area is 144 Å². The topological polar surface area (TPSA) is 72.7 Å². The van der Waals surface area contributed by atoms with E-state index in [2.05, 4.69) is 20.6 Å². The van der Waals surface area contributed by atoms with Gasteiger partial charge >= 0.3 is 0 Å². The van der Waals surface area contributed by atoms with Crippen LogP contribution in [0.25, 0.3) is 11.1 Å². The first-order valence-corrected chi connectivity index (χ1v) is 8.73. The first-order chi connectivity index (χ1) is 11.7. The molecule has 0 spiro atoms. The molecule has 0 aliphatic carbocycles. The zero-order chi connectivity index (χ0) is 16.9. The lowest BCUT2D eigenvalue weighted by molar-refractivity contribution is 0.0951. The number of benzene rings is 1. The molecule has 1 amide bonds. The summed E-state index contributed by atoms with van der Waals surface area (Å²) in [7, 11) is 0. The highest BCUT2D eigenvalue weighted by molar-refractivity contribution is 7.11. The van der Waals surface area contributed by atoms with E-state index in [1.165, 1.54) is 11.3 Å². The fourth-order valence-electron chi connectivity index (χ4n) is 2.26. The molecule has 2 heterocycles. The minimum absolute atomic E-state index is 0.112. The van der Waals surface area contributed by atoms with Crippen LogP contribution in [0, 0.1) is 0 Å². The number of amides is 1. The van der Waals surface area contributed by atoms with Gasteiger partial charge in [-0.15, -0.1) is 10.2 Å².